The van der Waals surface area contributed by atoms with Gasteiger partial charge in [-0.15, -0.1) is 0 Å². The first-order valence-electron chi connectivity index (χ1n) is 6.62. The minimum atomic E-state index is 0.571. The van der Waals surface area contributed by atoms with Crippen LogP contribution in [0.4, 0.5) is 0 Å². The highest BCUT2D eigenvalue weighted by Crippen LogP contribution is 2.38. The van der Waals surface area contributed by atoms with Crippen molar-refractivity contribution in [1.29, 1.82) is 0 Å². The maximum Gasteiger partial charge on any atom is 0.150 e. The van der Waals surface area contributed by atoms with E-state index in [0.717, 1.165) is 18.1 Å². The second-order valence-electron chi connectivity index (χ2n) is 5.00. The van der Waals surface area contributed by atoms with E-state index < -0.39 is 0 Å². The van der Waals surface area contributed by atoms with Crippen molar-refractivity contribution in [1.82, 2.24) is 10.5 Å². The first kappa shape index (κ1) is 12.2. The SMILES string of the molecule is COc1cccc(C2CC(NCc3ccno3)C2)c1. The molecule has 4 nitrogen and oxygen atoms in total. The standard InChI is InChI=1S/C15H18N2O2/c1-18-14-4-2-3-11(9-14)12-7-13(8-12)16-10-15-5-6-17-19-15/h2-6,9,12-13,16H,7-8,10H2,1H3. The van der Waals surface area contributed by atoms with Crippen molar-refractivity contribution in [2.45, 2.75) is 31.3 Å². The minimum absolute atomic E-state index is 0.571. The van der Waals surface area contributed by atoms with Crippen LogP contribution in [0.1, 0.15) is 30.1 Å². The van der Waals surface area contributed by atoms with Gasteiger partial charge in [-0.25, -0.2) is 0 Å². The van der Waals surface area contributed by atoms with Gasteiger partial charge < -0.3 is 14.6 Å². The Morgan fingerprint density at radius 3 is 3.00 bits per heavy atom. The Hall–Kier alpha value is -1.81. The Balaban J connectivity index is 1.49. The topological polar surface area (TPSA) is 47.3 Å². The van der Waals surface area contributed by atoms with Gasteiger partial charge in [0.15, 0.2) is 0 Å². The fraction of sp³-hybridized carbons (Fsp3) is 0.400. The monoisotopic (exact) mass is 258 g/mol. The maximum atomic E-state index is 5.26. The van der Waals surface area contributed by atoms with Gasteiger partial charge in [-0.3, -0.25) is 0 Å². The Morgan fingerprint density at radius 1 is 1.37 bits per heavy atom. The van der Waals surface area contributed by atoms with Gasteiger partial charge in [0.1, 0.15) is 11.5 Å². The second kappa shape index (κ2) is 5.45. The molecule has 1 aromatic heterocycles. The normalized spacial score (nSPS) is 21.9. The van der Waals surface area contributed by atoms with Gasteiger partial charge in [0.05, 0.1) is 19.9 Å². The van der Waals surface area contributed by atoms with E-state index in [1.165, 1.54) is 18.4 Å². The molecule has 1 saturated carbocycles. The Kier molecular flexibility index (Phi) is 3.51. The zero-order valence-corrected chi connectivity index (χ0v) is 11.0. The fourth-order valence-corrected chi connectivity index (χ4v) is 2.53. The molecule has 19 heavy (non-hydrogen) atoms. The van der Waals surface area contributed by atoms with E-state index in [0.29, 0.717) is 12.0 Å². The molecule has 0 unspecified atom stereocenters. The van der Waals surface area contributed by atoms with Crippen LogP contribution in [0.25, 0.3) is 0 Å². The number of benzene rings is 1. The van der Waals surface area contributed by atoms with Crippen molar-refractivity contribution < 1.29 is 9.26 Å². The summed E-state index contributed by atoms with van der Waals surface area (Å²) in [6, 6.07) is 10.8. The summed E-state index contributed by atoms with van der Waals surface area (Å²) in [7, 11) is 1.71. The molecule has 0 saturated heterocycles. The van der Waals surface area contributed by atoms with Crippen molar-refractivity contribution in [3.63, 3.8) is 0 Å². The predicted molar refractivity (Wildman–Crippen MR) is 72.1 cm³/mol. The smallest absolute Gasteiger partial charge is 0.150 e. The van der Waals surface area contributed by atoms with Crippen LogP contribution in [0.3, 0.4) is 0 Å². The number of nitrogens with one attached hydrogen (secondary N) is 1. The first-order chi connectivity index (χ1) is 9.35. The summed E-state index contributed by atoms with van der Waals surface area (Å²) >= 11 is 0. The minimum Gasteiger partial charge on any atom is -0.497 e. The first-order valence-corrected chi connectivity index (χ1v) is 6.62. The third-order valence-corrected chi connectivity index (χ3v) is 3.76. The van der Waals surface area contributed by atoms with Crippen LogP contribution in [-0.2, 0) is 6.54 Å². The highest BCUT2D eigenvalue weighted by atomic mass is 16.5. The average Bonchev–Trinajstić information content (AvgIpc) is 2.90. The lowest BCUT2D eigenvalue weighted by Crippen LogP contribution is -2.39. The number of hydrogen-bond donors (Lipinski definition) is 1. The molecule has 0 amide bonds. The molecule has 0 bridgehead atoms. The second-order valence-corrected chi connectivity index (χ2v) is 5.00. The summed E-state index contributed by atoms with van der Waals surface area (Å²) in [5, 5.41) is 7.18. The lowest BCUT2D eigenvalue weighted by atomic mass is 9.76. The third-order valence-electron chi connectivity index (χ3n) is 3.76. The number of rotatable bonds is 5. The van der Waals surface area contributed by atoms with Gasteiger partial charge in [0.2, 0.25) is 0 Å². The van der Waals surface area contributed by atoms with Gasteiger partial charge in [-0.1, -0.05) is 17.3 Å². The van der Waals surface area contributed by atoms with E-state index in [1.807, 2.05) is 12.1 Å². The Labute approximate surface area is 112 Å². The van der Waals surface area contributed by atoms with E-state index in [2.05, 4.69) is 28.7 Å². The van der Waals surface area contributed by atoms with Gasteiger partial charge >= 0.3 is 0 Å². The molecule has 2 aromatic rings. The molecule has 1 aliphatic rings. The van der Waals surface area contributed by atoms with Crippen molar-refractivity contribution in [2.24, 2.45) is 0 Å². The number of ether oxygens (including phenoxy) is 1. The molecule has 1 heterocycles. The van der Waals surface area contributed by atoms with Gasteiger partial charge in [-0.05, 0) is 36.5 Å². The number of nitrogens with zero attached hydrogens (tertiary/aromatic N) is 1. The molecule has 0 spiro atoms. The predicted octanol–water partition coefficient (Wildman–Crippen LogP) is 2.72. The molecule has 0 atom stereocenters. The Bertz CT molecular complexity index is 519. The molecular formula is C15H18N2O2. The fourth-order valence-electron chi connectivity index (χ4n) is 2.53. The highest BCUT2D eigenvalue weighted by molar-refractivity contribution is 5.32. The molecular weight excluding hydrogens is 240 g/mol. The van der Waals surface area contributed by atoms with Crippen molar-refractivity contribution in [3.05, 3.63) is 47.9 Å². The molecule has 1 N–H and O–H groups in total. The van der Waals surface area contributed by atoms with E-state index in [9.17, 15) is 0 Å². The summed E-state index contributed by atoms with van der Waals surface area (Å²) in [5.74, 6) is 2.47. The molecule has 1 aromatic carbocycles. The van der Waals surface area contributed by atoms with E-state index >= 15 is 0 Å². The van der Waals surface area contributed by atoms with Crippen LogP contribution >= 0.6 is 0 Å². The Morgan fingerprint density at radius 2 is 2.26 bits per heavy atom. The zero-order chi connectivity index (χ0) is 13.1. The van der Waals surface area contributed by atoms with E-state index in [1.54, 1.807) is 13.3 Å². The van der Waals surface area contributed by atoms with Crippen LogP contribution in [0.15, 0.2) is 41.1 Å². The quantitative estimate of drug-likeness (QED) is 0.895. The van der Waals surface area contributed by atoms with Gasteiger partial charge in [-0.2, -0.15) is 0 Å². The van der Waals surface area contributed by atoms with Crippen molar-refractivity contribution >= 4 is 0 Å². The molecule has 0 aliphatic heterocycles. The summed E-state index contributed by atoms with van der Waals surface area (Å²) in [5.41, 5.74) is 1.37. The van der Waals surface area contributed by atoms with Crippen molar-refractivity contribution in [2.75, 3.05) is 7.11 Å². The maximum absolute atomic E-state index is 5.26. The lowest BCUT2D eigenvalue weighted by molar-refractivity contribution is 0.273. The van der Waals surface area contributed by atoms with Crippen LogP contribution in [0.5, 0.6) is 5.75 Å². The highest BCUT2D eigenvalue weighted by Gasteiger charge is 2.30. The number of hydrogen-bond acceptors (Lipinski definition) is 4. The molecule has 3 rings (SSSR count). The van der Waals surface area contributed by atoms with Crippen LogP contribution < -0.4 is 10.1 Å². The van der Waals surface area contributed by atoms with Gasteiger partial charge in [0.25, 0.3) is 0 Å². The van der Waals surface area contributed by atoms with E-state index in [4.69, 9.17) is 9.26 Å². The molecule has 4 heteroatoms. The van der Waals surface area contributed by atoms with Gasteiger partial charge in [0, 0.05) is 12.1 Å². The van der Waals surface area contributed by atoms with Crippen molar-refractivity contribution in [3.8, 4) is 5.75 Å². The van der Waals surface area contributed by atoms with E-state index in [-0.39, 0.29) is 0 Å². The number of aromatic nitrogens is 1. The molecule has 0 radical (unpaired) electrons. The lowest BCUT2D eigenvalue weighted by Gasteiger charge is -2.36. The van der Waals surface area contributed by atoms with Crippen LogP contribution in [-0.4, -0.2) is 18.3 Å². The summed E-state index contributed by atoms with van der Waals surface area (Å²) < 4.78 is 10.3. The van der Waals surface area contributed by atoms with Crippen LogP contribution in [0, 0.1) is 0 Å². The summed E-state index contributed by atoms with van der Waals surface area (Å²) in [6.45, 7) is 0.759. The third kappa shape index (κ3) is 2.79. The molecule has 1 aliphatic carbocycles. The van der Waals surface area contributed by atoms with Crippen LogP contribution in [0.2, 0.25) is 0 Å². The largest absolute Gasteiger partial charge is 0.497 e. The zero-order valence-electron chi connectivity index (χ0n) is 11.0. The molecule has 100 valence electrons. The number of methoxy groups -OCH3 is 1. The molecule has 1 fully saturated rings. The summed E-state index contributed by atoms with van der Waals surface area (Å²) in [4.78, 5) is 0. The summed E-state index contributed by atoms with van der Waals surface area (Å²) in [6.07, 6.45) is 4.01. The average molecular weight is 258 g/mol.